The fourth-order valence-corrected chi connectivity index (χ4v) is 2.35. The lowest BCUT2D eigenvalue weighted by molar-refractivity contribution is 0.534. The first-order valence-electron chi connectivity index (χ1n) is 7.15. The third kappa shape index (κ3) is 2.68. The summed E-state index contributed by atoms with van der Waals surface area (Å²) in [5.41, 5.74) is 11.1. The minimum atomic E-state index is 0.310. The molecule has 0 bridgehead atoms. The Bertz CT molecular complexity index is 725. The summed E-state index contributed by atoms with van der Waals surface area (Å²) in [5, 5.41) is 4.57. The molecule has 3 aromatic rings. The first-order valence-corrected chi connectivity index (χ1v) is 7.15. The highest BCUT2D eigenvalue weighted by molar-refractivity contribution is 5.74. The molecule has 21 heavy (non-hydrogen) atoms. The standard InChI is InChI=1S/C18H19N3/c1-13(2)21-12-17(19)18(20-21)16-10-8-15(9-11-16)14-6-4-3-5-7-14/h3-13H,19H2,1-2H3. The molecule has 1 aromatic heterocycles. The van der Waals surface area contributed by atoms with Gasteiger partial charge in [-0.2, -0.15) is 5.10 Å². The van der Waals surface area contributed by atoms with Crippen molar-refractivity contribution in [3.8, 4) is 22.4 Å². The fraction of sp³-hybridized carbons (Fsp3) is 0.167. The Morgan fingerprint density at radius 1 is 0.857 bits per heavy atom. The van der Waals surface area contributed by atoms with Crippen LogP contribution in [0.25, 0.3) is 22.4 Å². The molecule has 0 aliphatic heterocycles. The fourth-order valence-electron chi connectivity index (χ4n) is 2.35. The molecular formula is C18H19N3. The van der Waals surface area contributed by atoms with E-state index in [1.165, 1.54) is 11.1 Å². The van der Waals surface area contributed by atoms with Gasteiger partial charge in [0.05, 0.1) is 5.69 Å². The second-order valence-electron chi connectivity index (χ2n) is 5.45. The molecule has 0 spiro atoms. The Morgan fingerprint density at radius 3 is 2.00 bits per heavy atom. The van der Waals surface area contributed by atoms with Crippen molar-refractivity contribution in [2.24, 2.45) is 0 Å². The molecule has 0 fully saturated rings. The molecule has 0 radical (unpaired) electrons. The van der Waals surface area contributed by atoms with E-state index in [0.29, 0.717) is 6.04 Å². The minimum absolute atomic E-state index is 0.310. The number of nitrogen functional groups attached to an aromatic ring is 1. The van der Waals surface area contributed by atoms with E-state index in [0.717, 1.165) is 16.9 Å². The molecule has 3 nitrogen and oxygen atoms in total. The molecular weight excluding hydrogens is 258 g/mol. The predicted octanol–water partition coefficient (Wildman–Crippen LogP) is 4.38. The van der Waals surface area contributed by atoms with Crippen molar-refractivity contribution >= 4 is 5.69 Å². The van der Waals surface area contributed by atoms with E-state index in [4.69, 9.17) is 5.73 Å². The molecule has 0 unspecified atom stereocenters. The summed E-state index contributed by atoms with van der Waals surface area (Å²) < 4.78 is 1.90. The zero-order valence-corrected chi connectivity index (χ0v) is 12.3. The molecule has 0 atom stereocenters. The third-order valence-electron chi connectivity index (χ3n) is 3.55. The number of benzene rings is 2. The van der Waals surface area contributed by atoms with Gasteiger partial charge in [0.15, 0.2) is 0 Å². The number of nitrogens with zero attached hydrogens (tertiary/aromatic N) is 2. The molecule has 3 rings (SSSR count). The zero-order chi connectivity index (χ0) is 14.8. The predicted molar refractivity (Wildman–Crippen MR) is 87.9 cm³/mol. The summed E-state index contributed by atoms with van der Waals surface area (Å²) in [5.74, 6) is 0. The second-order valence-corrected chi connectivity index (χ2v) is 5.45. The number of anilines is 1. The van der Waals surface area contributed by atoms with Crippen molar-refractivity contribution in [1.29, 1.82) is 0 Å². The lowest BCUT2D eigenvalue weighted by Gasteiger charge is -2.05. The van der Waals surface area contributed by atoms with E-state index in [1.54, 1.807) is 0 Å². The van der Waals surface area contributed by atoms with Gasteiger partial charge in [0.2, 0.25) is 0 Å². The highest BCUT2D eigenvalue weighted by Crippen LogP contribution is 2.28. The van der Waals surface area contributed by atoms with Gasteiger partial charge >= 0.3 is 0 Å². The van der Waals surface area contributed by atoms with Crippen molar-refractivity contribution in [3.63, 3.8) is 0 Å². The largest absolute Gasteiger partial charge is 0.396 e. The van der Waals surface area contributed by atoms with Gasteiger partial charge in [0.25, 0.3) is 0 Å². The molecule has 1 heterocycles. The van der Waals surface area contributed by atoms with Crippen LogP contribution in [0.3, 0.4) is 0 Å². The van der Waals surface area contributed by atoms with Crippen LogP contribution in [0.4, 0.5) is 5.69 Å². The summed E-state index contributed by atoms with van der Waals surface area (Å²) in [6.07, 6.45) is 1.89. The van der Waals surface area contributed by atoms with Gasteiger partial charge in [-0.05, 0) is 25.0 Å². The third-order valence-corrected chi connectivity index (χ3v) is 3.55. The van der Waals surface area contributed by atoms with E-state index in [-0.39, 0.29) is 0 Å². The lowest BCUT2D eigenvalue weighted by Crippen LogP contribution is -2.00. The molecule has 0 saturated carbocycles. The quantitative estimate of drug-likeness (QED) is 0.772. The monoisotopic (exact) mass is 277 g/mol. The molecule has 2 N–H and O–H groups in total. The first-order chi connectivity index (χ1) is 10.1. The van der Waals surface area contributed by atoms with Gasteiger partial charge in [-0.15, -0.1) is 0 Å². The molecule has 0 saturated heterocycles. The van der Waals surface area contributed by atoms with Crippen molar-refractivity contribution in [3.05, 3.63) is 60.8 Å². The van der Waals surface area contributed by atoms with Crippen LogP contribution in [-0.2, 0) is 0 Å². The van der Waals surface area contributed by atoms with Gasteiger partial charge in [-0.25, -0.2) is 0 Å². The van der Waals surface area contributed by atoms with E-state index in [9.17, 15) is 0 Å². The van der Waals surface area contributed by atoms with Gasteiger partial charge in [0, 0.05) is 17.8 Å². The summed E-state index contributed by atoms with van der Waals surface area (Å²) in [7, 11) is 0. The van der Waals surface area contributed by atoms with Crippen LogP contribution < -0.4 is 5.73 Å². The number of hydrogen-bond donors (Lipinski definition) is 1. The van der Waals surface area contributed by atoms with Crippen LogP contribution in [0.2, 0.25) is 0 Å². The molecule has 3 heteroatoms. The Labute approximate surface area is 125 Å². The summed E-state index contributed by atoms with van der Waals surface area (Å²) in [4.78, 5) is 0. The molecule has 0 aliphatic carbocycles. The van der Waals surface area contributed by atoms with Crippen LogP contribution in [0.15, 0.2) is 60.8 Å². The van der Waals surface area contributed by atoms with Crippen molar-refractivity contribution in [1.82, 2.24) is 9.78 Å². The number of aromatic nitrogens is 2. The molecule has 2 aromatic carbocycles. The van der Waals surface area contributed by atoms with E-state index >= 15 is 0 Å². The van der Waals surface area contributed by atoms with Crippen LogP contribution in [-0.4, -0.2) is 9.78 Å². The molecule has 0 aliphatic rings. The second kappa shape index (κ2) is 5.44. The smallest absolute Gasteiger partial charge is 0.115 e. The average Bonchev–Trinajstić information content (AvgIpc) is 2.91. The maximum Gasteiger partial charge on any atom is 0.115 e. The first kappa shape index (κ1) is 13.4. The molecule has 106 valence electrons. The van der Waals surface area contributed by atoms with E-state index in [2.05, 4.69) is 55.3 Å². The Kier molecular flexibility index (Phi) is 3.48. The number of hydrogen-bond acceptors (Lipinski definition) is 2. The summed E-state index contributed by atoms with van der Waals surface area (Å²) >= 11 is 0. The maximum atomic E-state index is 6.08. The maximum absolute atomic E-state index is 6.08. The van der Waals surface area contributed by atoms with Crippen LogP contribution in [0, 0.1) is 0 Å². The van der Waals surface area contributed by atoms with E-state index < -0.39 is 0 Å². The topological polar surface area (TPSA) is 43.8 Å². The number of rotatable bonds is 3. The number of nitrogens with two attached hydrogens (primary N) is 1. The van der Waals surface area contributed by atoms with Crippen molar-refractivity contribution in [2.45, 2.75) is 19.9 Å². The van der Waals surface area contributed by atoms with Gasteiger partial charge < -0.3 is 5.73 Å². The normalized spacial score (nSPS) is 11.0. The average molecular weight is 277 g/mol. The van der Waals surface area contributed by atoms with Crippen molar-refractivity contribution in [2.75, 3.05) is 5.73 Å². The minimum Gasteiger partial charge on any atom is -0.396 e. The van der Waals surface area contributed by atoms with Crippen LogP contribution in [0.5, 0.6) is 0 Å². The highest BCUT2D eigenvalue weighted by Gasteiger charge is 2.10. The van der Waals surface area contributed by atoms with Gasteiger partial charge in [0.1, 0.15) is 5.69 Å². The van der Waals surface area contributed by atoms with Gasteiger partial charge in [-0.1, -0.05) is 54.6 Å². The summed E-state index contributed by atoms with van der Waals surface area (Å²) in [6.45, 7) is 4.18. The van der Waals surface area contributed by atoms with E-state index in [1.807, 2.05) is 29.1 Å². The Balaban J connectivity index is 1.94. The zero-order valence-electron chi connectivity index (χ0n) is 12.3. The Hall–Kier alpha value is -2.55. The van der Waals surface area contributed by atoms with Gasteiger partial charge in [-0.3, -0.25) is 4.68 Å². The lowest BCUT2D eigenvalue weighted by atomic mass is 10.0. The molecule has 0 amide bonds. The van der Waals surface area contributed by atoms with Crippen molar-refractivity contribution < 1.29 is 0 Å². The Morgan fingerprint density at radius 2 is 1.43 bits per heavy atom. The SMILES string of the molecule is CC(C)n1cc(N)c(-c2ccc(-c3ccccc3)cc2)n1. The highest BCUT2D eigenvalue weighted by atomic mass is 15.3. The van der Waals surface area contributed by atoms with Crippen LogP contribution >= 0.6 is 0 Å². The summed E-state index contributed by atoms with van der Waals surface area (Å²) in [6, 6.07) is 19.0. The van der Waals surface area contributed by atoms with Crippen LogP contribution in [0.1, 0.15) is 19.9 Å².